The van der Waals surface area contributed by atoms with E-state index in [4.69, 9.17) is 9.47 Å². The number of nitrogens with zero attached hydrogens (tertiary/aromatic N) is 2. The largest absolute Gasteiger partial charge is 0.507 e. The fraction of sp³-hybridized carbons (Fsp3) is 0.379. The fourth-order valence-corrected chi connectivity index (χ4v) is 4.90. The molecule has 2 N–H and O–H groups in total. The summed E-state index contributed by atoms with van der Waals surface area (Å²) in [6, 6.07) is 9.17. The number of fused-ring (bicyclic) bond motifs is 1. The number of ether oxygens (including phenoxy) is 2. The van der Waals surface area contributed by atoms with Crippen molar-refractivity contribution >= 4 is 5.91 Å². The number of phenols is 1. The zero-order valence-electron chi connectivity index (χ0n) is 21.6. The molecule has 0 fully saturated rings. The number of aromatic nitrogens is 2. The first-order valence-electron chi connectivity index (χ1n) is 12.5. The van der Waals surface area contributed by atoms with Crippen LogP contribution in [-0.4, -0.2) is 46.4 Å². The summed E-state index contributed by atoms with van der Waals surface area (Å²) >= 11 is 0. The third-order valence-electron chi connectivity index (χ3n) is 6.65. The molecule has 1 unspecified atom stereocenters. The van der Waals surface area contributed by atoms with Crippen molar-refractivity contribution in [3.63, 3.8) is 0 Å². The van der Waals surface area contributed by atoms with Crippen molar-refractivity contribution in [3.05, 3.63) is 70.9 Å². The maximum Gasteiger partial charge on any atom is 0.273 e. The number of phenolic OH excluding ortho intramolecular Hbond substituents is 1. The SMILES string of the molecule is C=CCN1C(=O)c2[nH]nc(-c3cc(C)cc(C)c3O)c2C1c1ccc(OCCCCCC)c(OC)c1. The molecule has 0 radical (unpaired) electrons. The minimum atomic E-state index is -0.424. The number of hydrogen-bond acceptors (Lipinski definition) is 5. The van der Waals surface area contributed by atoms with Crippen molar-refractivity contribution in [2.24, 2.45) is 0 Å². The molecule has 0 spiro atoms. The lowest BCUT2D eigenvalue weighted by molar-refractivity contribution is 0.0764. The Kier molecular flexibility index (Phi) is 7.67. The number of unbranched alkanes of at least 4 members (excludes halogenated alkanes) is 3. The highest BCUT2D eigenvalue weighted by Crippen LogP contribution is 2.46. The van der Waals surface area contributed by atoms with E-state index < -0.39 is 6.04 Å². The van der Waals surface area contributed by atoms with E-state index in [1.165, 1.54) is 12.8 Å². The monoisotopic (exact) mass is 489 g/mol. The van der Waals surface area contributed by atoms with Gasteiger partial charge in [-0.2, -0.15) is 5.10 Å². The van der Waals surface area contributed by atoms with Crippen molar-refractivity contribution in [1.82, 2.24) is 15.1 Å². The molecule has 0 bridgehead atoms. The van der Waals surface area contributed by atoms with Gasteiger partial charge in [-0.3, -0.25) is 9.89 Å². The molecule has 1 aromatic heterocycles. The summed E-state index contributed by atoms with van der Waals surface area (Å²) in [4.78, 5) is 15.1. The highest BCUT2D eigenvalue weighted by Gasteiger charge is 2.42. The first kappa shape index (κ1) is 25.4. The third-order valence-corrected chi connectivity index (χ3v) is 6.65. The summed E-state index contributed by atoms with van der Waals surface area (Å²) < 4.78 is 11.7. The normalized spacial score (nSPS) is 14.7. The van der Waals surface area contributed by atoms with Crippen LogP contribution >= 0.6 is 0 Å². The number of benzene rings is 2. The number of methoxy groups -OCH3 is 1. The summed E-state index contributed by atoms with van der Waals surface area (Å²) in [6.07, 6.45) is 6.21. The second-order valence-electron chi connectivity index (χ2n) is 9.31. The summed E-state index contributed by atoms with van der Waals surface area (Å²) in [5.74, 6) is 1.29. The van der Waals surface area contributed by atoms with Crippen LogP contribution in [0.15, 0.2) is 43.0 Å². The van der Waals surface area contributed by atoms with Crippen molar-refractivity contribution in [2.45, 2.75) is 52.5 Å². The second-order valence-corrected chi connectivity index (χ2v) is 9.31. The molecule has 36 heavy (non-hydrogen) atoms. The summed E-state index contributed by atoms with van der Waals surface area (Å²) in [6.45, 7) is 10.9. The average molecular weight is 490 g/mol. The highest BCUT2D eigenvalue weighted by molar-refractivity contribution is 6.00. The number of hydrogen-bond donors (Lipinski definition) is 2. The van der Waals surface area contributed by atoms with E-state index in [0.29, 0.717) is 41.6 Å². The van der Waals surface area contributed by atoms with Crippen LogP contribution in [0.2, 0.25) is 0 Å². The molecule has 2 aromatic carbocycles. The summed E-state index contributed by atoms with van der Waals surface area (Å²) in [5, 5.41) is 18.3. The molecule has 7 heteroatoms. The Morgan fingerprint density at radius 1 is 1.17 bits per heavy atom. The number of aryl methyl sites for hydroxylation is 2. The number of carbonyl (C=O) groups excluding carboxylic acids is 1. The smallest absolute Gasteiger partial charge is 0.273 e. The van der Waals surface area contributed by atoms with Gasteiger partial charge in [0.25, 0.3) is 5.91 Å². The highest BCUT2D eigenvalue weighted by atomic mass is 16.5. The van der Waals surface area contributed by atoms with Gasteiger partial charge in [-0.15, -0.1) is 6.58 Å². The molecule has 3 aromatic rings. The minimum absolute atomic E-state index is 0.160. The molecule has 1 atom stereocenters. The van der Waals surface area contributed by atoms with Crippen LogP contribution in [-0.2, 0) is 0 Å². The van der Waals surface area contributed by atoms with E-state index in [2.05, 4.69) is 23.7 Å². The first-order chi connectivity index (χ1) is 17.4. The predicted molar refractivity (Wildman–Crippen MR) is 141 cm³/mol. The van der Waals surface area contributed by atoms with Crippen LogP contribution in [0.3, 0.4) is 0 Å². The molecule has 0 saturated heterocycles. The lowest BCUT2D eigenvalue weighted by Crippen LogP contribution is -2.29. The number of nitrogens with one attached hydrogen (secondary N) is 1. The van der Waals surface area contributed by atoms with E-state index in [1.54, 1.807) is 18.1 Å². The van der Waals surface area contributed by atoms with Crippen LogP contribution in [0, 0.1) is 13.8 Å². The van der Waals surface area contributed by atoms with Crippen LogP contribution < -0.4 is 9.47 Å². The van der Waals surface area contributed by atoms with Gasteiger partial charge in [-0.05, 0) is 55.2 Å². The van der Waals surface area contributed by atoms with Crippen molar-refractivity contribution in [3.8, 4) is 28.5 Å². The predicted octanol–water partition coefficient (Wildman–Crippen LogP) is 6.10. The molecular weight excluding hydrogens is 454 g/mol. The van der Waals surface area contributed by atoms with E-state index in [9.17, 15) is 9.90 Å². The van der Waals surface area contributed by atoms with Gasteiger partial charge >= 0.3 is 0 Å². The molecule has 4 rings (SSSR count). The van der Waals surface area contributed by atoms with Gasteiger partial charge in [0, 0.05) is 17.7 Å². The van der Waals surface area contributed by atoms with Gasteiger partial charge in [0.1, 0.15) is 17.1 Å². The molecule has 0 aliphatic carbocycles. The Hall–Kier alpha value is -3.74. The standard InChI is InChI=1S/C29H35N3O4/c1-6-8-9-10-14-36-22-12-11-20(17-23(22)35-5)27-24-25(21-16-18(3)15-19(4)28(21)33)30-31-26(24)29(34)32(27)13-7-2/h7,11-12,15-17,27,33H,2,6,8-10,13-14H2,1,3-5H3,(H,30,31). The van der Waals surface area contributed by atoms with E-state index in [0.717, 1.165) is 35.1 Å². The number of aromatic amines is 1. The molecule has 1 amide bonds. The quantitative estimate of drug-likeness (QED) is 0.251. The summed E-state index contributed by atoms with van der Waals surface area (Å²) in [7, 11) is 1.62. The van der Waals surface area contributed by atoms with Gasteiger partial charge in [0.15, 0.2) is 11.5 Å². The zero-order chi connectivity index (χ0) is 25.8. The molecule has 2 heterocycles. The lowest BCUT2D eigenvalue weighted by atomic mass is 9.94. The molecule has 1 aliphatic rings. The maximum atomic E-state index is 13.4. The van der Waals surface area contributed by atoms with Crippen LogP contribution in [0.4, 0.5) is 0 Å². The maximum absolute atomic E-state index is 13.4. The number of H-pyrrole nitrogens is 1. The third kappa shape index (κ3) is 4.70. The summed E-state index contributed by atoms with van der Waals surface area (Å²) in [5.41, 5.74) is 4.95. The first-order valence-corrected chi connectivity index (χ1v) is 12.5. The van der Waals surface area contributed by atoms with Crippen molar-refractivity contribution < 1.29 is 19.4 Å². The fourth-order valence-electron chi connectivity index (χ4n) is 4.90. The Labute approximate surface area is 212 Å². The van der Waals surface area contributed by atoms with Crippen LogP contribution in [0.25, 0.3) is 11.3 Å². The van der Waals surface area contributed by atoms with Gasteiger partial charge in [0.05, 0.1) is 19.8 Å². The van der Waals surface area contributed by atoms with E-state index in [-0.39, 0.29) is 11.7 Å². The van der Waals surface area contributed by atoms with Gasteiger partial charge in [-0.25, -0.2) is 0 Å². The van der Waals surface area contributed by atoms with Crippen molar-refractivity contribution in [1.29, 1.82) is 0 Å². The Morgan fingerprint density at radius 2 is 1.97 bits per heavy atom. The molecular formula is C29H35N3O4. The Bertz CT molecular complexity index is 1260. The average Bonchev–Trinajstić information content (AvgIpc) is 3.40. The number of carbonyl (C=O) groups is 1. The number of amides is 1. The molecule has 1 aliphatic heterocycles. The number of aromatic hydroxyl groups is 1. The van der Waals surface area contributed by atoms with Crippen LogP contribution in [0.5, 0.6) is 17.2 Å². The second kappa shape index (κ2) is 10.9. The van der Waals surface area contributed by atoms with E-state index >= 15 is 0 Å². The van der Waals surface area contributed by atoms with E-state index in [1.807, 2.05) is 44.2 Å². The minimum Gasteiger partial charge on any atom is -0.507 e. The Balaban J connectivity index is 1.76. The molecule has 0 saturated carbocycles. The topological polar surface area (TPSA) is 87.7 Å². The van der Waals surface area contributed by atoms with Crippen LogP contribution in [0.1, 0.15) is 71.4 Å². The number of rotatable bonds is 11. The van der Waals surface area contributed by atoms with Crippen molar-refractivity contribution in [2.75, 3.05) is 20.3 Å². The van der Waals surface area contributed by atoms with Gasteiger partial charge in [0.2, 0.25) is 0 Å². The van der Waals surface area contributed by atoms with Gasteiger partial charge in [-0.1, -0.05) is 44.4 Å². The lowest BCUT2D eigenvalue weighted by Gasteiger charge is -2.26. The van der Waals surface area contributed by atoms with Gasteiger partial charge < -0.3 is 19.5 Å². The Morgan fingerprint density at radius 3 is 2.69 bits per heavy atom. The molecule has 190 valence electrons. The molecule has 7 nitrogen and oxygen atoms in total. The zero-order valence-corrected chi connectivity index (χ0v) is 21.6.